The summed E-state index contributed by atoms with van der Waals surface area (Å²) >= 11 is 0. The molecule has 0 saturated heterocycles. The molecule has 0 bridgehead atoms. The molecule has 1 fully saturated rings. The van der Waals surface area contributed by atoms with Gasteiger partial charge in [0.2, 0.25) is 6.08 Å². The van der Waals surface area contributed by atoms with Gasteiger partial charge in [-0.25, -0.2) is 9.79 Å². The lowest BCUT2D eigenvalue weighted by molar-refractivity contribution is 0.563. The van der Waals surface area contributed by atoms with Crippen LogP contribution in [0.15, 0.2) is 4.99 Å². The van der Waals surface area contributed by atoms with Gasteiger partial charge < -0.3 is 0 Å². The van der Waals surface area contributed by atoms with E-state index in [4.69, 9.17) is 0 Å². The predicted octanol–water partition coefficient (Wildman–Crippen LogP) is 0.690. The maximum Gasteiger partial charge on any atom is 0.234 e. The Bertz CT molecular complexity index is 101. The van der Waals surface area contributed by atoms with Crippen molar-refractivity contribution in [3.63, 3.8) is 0 Å². The first-order valence-corrected chi connectivity index (χ1v) is 2.30. The second-order valence-electron chi connectivity index (χ2n) is 1.66. The zero-order chi connectivity index (χ0) is 5.11. The number of aliphatic imine (C=N–C) groups is 1. The van der Waals surface area contributed by atoms with Crippen LogP contribution in [0.4, 0.5) is 0 Å². The van der Waals surface area contributed by atoms with E-state index in [0.717, 1.165) is 0 Å². The van der Waals surface area contributed by atoms with E-state index in [9.17, 15) is 4.79 Å². The molecular weight excluding hydrogens is 90.1 g/mol. The number of hydrogen-bond donors (Lipinski definition) is 0. The highest BCUT2D eigenvalue weighted by atomic mass is 16.1. The standard InChI is InChI=1S/C5H6NO/c7-4-6-3-5-1-2-5/h1-3H2. The highest BCUT2D eigenvalue weighted by Crippen LogP contribution is 2.31. The minimum atomic E-state index is 0.628. The lowest BCUT2D eigenvalue weighted by Crippen LogP contribution is -1.75. The van der Waals surface area contributed by atoms with Crippen molar-refractivity contribution < 1.29 is 4.79 Å². The van der Waals surface area contributed by atoms with Crippen molar-refractivity contribution in [3.8, 4) is 0 Å². The van der Waals surface area contributed by atoms with Gasteiger partial charge in [0, 0.05) is 0 Å². The maximum absolute atomic E-state index is 9.43. The Kier molecular flexibility index (Phi) is 1.23. The molecule has 0 N–H and O–H groups in total. The van der Waals surface area contributed by atoms with Crippen molar-refractivity contribution in [2.45, 2.75) is 12.8 Å². The maximum atomic E-state index is 9.43. The number of carbonyl (C=O) groups excluding carboxylic acids is 1. The van der Waals surface area contributed by atoms with E-state index in [1.165, 1.54) is 24.8 Å². The molecule has 1 aliphatic carbocycles. The second-order valence-corrected chi connectivity index (χ2v) is 1.66. The molecule has 0 atom stereocenters. The minimum Gasteiger partial charge on any atom is -0.211 e. The van der Waals surface area contributed by atoms with Crippen LogP contribution in [0.1, 0.15) is 12.8 Å². The molecule has 1 aliphatic rings. The third-order valence-electron chi connectivity index (χ3n) is 0.971. The molecule has 7 heavy (non-hydrogen) atoms. The normalized spacial score (nSPS) is 18.3. The molecule has 37 valence electrons. The molecule has 0 spiro atoms. The summed E-state index contributed by atoms with van der Waals surface area (Å²) in [6, 6.07) is 0. The van der Waals surface area contributed by atoms with Crippen molar-refractivity contribution >= 4 is 6.08 Å². The molecule has 1 rings (SSSR count). The number of isocyanates is 1. The third-order valence-corrected chi connectivity index (χ3v) is 0.971. The molecule has 2 nitrogen and oxygen atoms in total. The van der Waals surface area contributed by atoms with Gasteiger partial charge in [-0.3, -0.25) is 0 Å². The van der Waals surface area contributed by atoms with E-state index in [2.05, 4.69) is 4.99 Å². The van der Waals surface area contributed by atoms with E-state index in [1.807, 2.05) is 0 Å². The van der Waals surface area contributed by atoms with Gasteiger partial charge in [-0.2, -0.15) is 0 Å². The quantitative estimate of drug-likeness (QED) is 0.367. The monoisotopic (exact) mass is 96.0 g/mol. The summed E-state index contributed by atoms with van der Waals surface area (Å²) in [6.07, 6.45) is 3.84. The average molecular weight is 96.1 g/mol. The summed E-state index contributed by atoms with van der Waals surface area (Å²) in [7, 11) is 0. The Hall–Kier alpha value is -0.620. The van der Waals surface area contributed by atoms with Gasteiger partial charge >= 0.3 is 0 Å². The summed E-state index contributed by atoms with van der Waals surface area (Å²) in [5, 5.41) is 0. The Morgan fingerprint density at radius 3 is 2.86 bits per heavy atom. The summed E-state index contributed by atoms with van der Waals surface area (Å²) in [6.45, 7) is 0.628. The number of hydrogen-bond acceptors (Lipinski definition) is 2. The average Bonchev–Trinajstić information content (AvgIpc) is 2.42. The molecule has 0 aliphatic heterocycles. The fraction of sp³-hybridized carbons (Fsp3) is 0.600. The second kappa shape index (κ2) is 1.90. The Morgan fingerprint density at radius 1 is 1.71 bits per heavy atom. The fourth-order valence-corrected chi connectivity index (χ4v) is 0.391. The Morgan fingerprint density at radius 2 is 2.43 bits per heavy atom. The van der Waals surface area contributed by atoms with Crippen LogP contribution in [0.5, 0.6) is 0 Å². The van der Waals surface area contributed by atoms with E-state index in [-0.39, 0.29) is 0 Å². The summed E-state index contributed by atoms with van der Waals surface area (Å²) in [5.74, 6) is 1.38. The van der Waals surface area contributed by atoms with Crippen LogP contribution < -0.4 is 0 Å². The highest BCUT2D eigenvalue weighted by Gasteiger charge is 2.20. The molecule has 0 aromatic heterocycles. The van der Waals surface area contributed by atoms with Crippen LogP contribution in [0.3, 0.4) is 0 Å². The summed E-state index contributed by atoms with van der Waals surface area (Å²) in [5.41, 5.74) is 0. The topological polar surface area (TPSA) is 29.4 Å². The van der Waals surface area contributed by atoms with Gasteiger partial charge in [-0.05, 0) is 18.8 Å². The lowest BCUT2D eigenvalue weighted by Gasteiger charge is -1.75. The lowest BCUT2D eigenvalue weighted by atomic mass is 10.4. The van der Waals surface area contributed by atoms with Crippen LogP contribution in [0.25, 0.3) is 0 Å². The van der Waals surface area contributed by atoms with E-state index in [1.54, 1.807) is 0 Å². The minimum absolute atomic E-state index is 0.628. The molecule has 1 radical (unpaired) electrons. The zero-order valence-electron chi connectivity index (χ0n) is 3.98. The number of nitrogens with zero attached hydrogens (tertiary/aromatic N) is 1. The SMILES string of the molecule is O=C=NC[C]1CC1. The molecular formula is C5H6NO. The molecule has 1 saturated carbocycles. The number of rotatable bonds is 2. The predicted molar refractivity (Wildman–Crippen MR) is 25.5 cm³/mol. The Balaban J connectivity index is 2.09. The highest BCUT2D eigenvalue weighted by molar-refractivity contribution is 5.34. The van der Waals surface area contributed by atoms with E-state index < -0.39 is 0 Å². The smallest absolute Gasteiger partial charge is 0.211 e. The van der Waals surface area contributed by atoms with Gasteiger partial charge in [-0.1, -0.05) is 0 Å². The van der Waals surface area contributed by atoms with Gasteiger partial charge in [-0.15, -0.1) is 0 Å². The van der Waals surface area contributed by atoms with Gasteiger partial charge in [0.1, 0.15) is 0 Å². The van der Waals surface area contributed by atoms with Crippen molar-refractivity contribution in [1.29, 1.82) is 0 Å². The Labute approximate surface area is 42.3 Å². The van der Waals surface area contributed by atoms with E-state index in [0.29, 0.717) is 6.54 Å². The first-order valence-electron chi connectivity index (χ1n) is 2.30. The largest absolute Gasteiger partial charge is 0.234 e. The fourth-order valence-electron chi connectivity index (χ4n) is 0.391. The van der Waals surface area contributed by atoms with Gasteiger partial charge in [0.15, 0.2) is 0 Å². The zero-order valence-corrected chi connectivity index (χ0v) is 3.98. The molecule has 0 aromatic carbocycles. The van der Waals surface area contributed by atoms with Crippen LogP contribution in [0.2, 0.25) is 0 Å². The van der Waals surface area contributed by atoms with Crippen LogP contribution in [-0.4, -0.2) is 12.6 Å². The van der Waals surface area contributed by atoms with Crippen molar-refractivity contribution in [3.05, 3.63) is 5.92 Å². The van der Waals surface area contributed by atoms with Crippen LogP contribution in [0, 0.1) is 5.92 Å². The molecule has 0 unspecified atom stereocenters. The van der Waals surface area contributed by atoms with Gasteiger partial charge in [0.05, 0.1) is 6.54 Å². The first-order chi connectivity index (χ1) is 3.43. The van der Waals surface area contributed by atoms with Crippen LogP contribution in [-0.2, 0) is 4.79 Å². The molecule has 0 amide bonds. The summed E-state index contributed by atoms with van der Waals surface area (Å²) < 4.78 is 0. The third kappa shape index (κ3) is 1.51. The van der Waals surface area contributed by atoms with Crippen molar-refractivity contribution in [1.82, 2.24) is 0 Å². The van der Waals surface area contributed by atoms with Crippen LogP contribution >= 0.6 is 0 Å². The first kappa shape index (κ1) is 4.54. The van der Waals surface area contributed by atoms with E-state index >= 15 is 0 Å². The van der Waals surface area contributed by atoms with Crippen molar-refractivity contribution in [2.24, 2.45) is 4.99 Å². The molecule has 2 heteroatoms. The van der Waals surface area contributed by atoms with Crippen molar-refractivity contribution in [2.75, 3.05) is 6.54 Å². The van der Waals surface area contributed by atoms with Gasteiger partial charge in [0.25, 0.3) is 0 Å². The molecule has 0 heterocycles. The summed E-state index contributed by atoms with van der Waals surface area (Å²) in [4.78, 5) is 12.8. The molecule has 0 aromatic rings.